The Bertz CT molecular complexity index is 130. The zero-order valence-corrected chi connectivity index (χ0v) is 8.03. The first-order valence-electron chi connectivity index (χ1n) is 4.33. The topological polar surface area (TPSA) is 29.1 Å². The minimum atomic E-state index is -0.0259. The maximum Gasteiger partial charge on any atom is 0.220 e. The van der Waals surface area contributed by atoms with Crippen molar-refractivity contribution in [2.45, 2.75) is 52.5 Å². The van der Waals surface area contributed by atoms with E-state index < -0.39 is 0 Å². The first-order chi connectivity index (χ1) is 5.02. The number of amides is 1. The van der Waals surface area contributed by atoms with Gasteiger partial charge in [-0.2, -0.15) is 0 Å². The van der Waals surface area contributed by atoms with Crippen LogP contribution in [-0.4, -0.2) is 11.4 Å². The lowest BCUT2D eigenvalue weighted by atomic mass is 9.99. The van der Waals surface area contributed by atoms with Gasteiger partial charge in [-0.15, -0.1) is 0 Å². The maximum absolute atomic E-state index is 11.0. The number of hydrogen-bond donors (Lipinski definition) is 1. The molecular formula is C9H19NO. The van der Waals surface area contributed by atoms with Crippen LogP contribution in [0.15, 0.2) is 0 Å². The average molecular weight is 157 g/mol. The zero-order chi connectivity index (χ0) is 8.91. The van der Waals surface area contributed by atoms with Crippen molar-refractivity contribution in [2.24, 2.45) is 0 Å². The van der Waals surface area contributed by atoms with Gasteiger partial charge in [-0.1, -0.05) is 20.3 Å². The molecule has 0 unspecified atom stereocenters. The molecule has 0 aliphatic heterocycles. The van der Waals surface area contributed by atoms with Gasteiger partial charge in [-0.05, 0) is 20.3 Å². The highest BCUT2D eigenvalue weighted by Crippen LogP contribution is 2.10. The Morgan fingerprint density at radius 1 is 1.36 bits per heavy atom. The summed E-state index contributed by atoms with van der Waals surface area (Å²) in [5, 5.41) is 2.97. The van der Waals surface area contributed by atoms with Crippen LogP contribution in [0.25, 0.3) is 0 Å². The molecule has 0 aromatic carbocycles. The van der Waals surface area contributed by atoms with Crippen molar-refractivity contribution in [3.05, 3.63) is 0 Å². The van der Waals surface area contributed by atoms with Crippen LogP contribution < -0.4 is 5.32 Å². The van der Waals surface area contributed by atoms with Gasteiger partial charge in [-0.3, -0.25) is 4.79 Å². The van der Waals surface area contributed by atoms with E-state index in [1.807, 2.05) is 6.92 Å². The Morgan fingerprint density at radius 2 is 1.91 bits per heavy atom. The van der Waals surface area contributed by atoms with Gasteiger partial charge >= 0.3 is 0 Å². The van der Waals surface area contributed by atoms with E-state index in [0.29, 0.717) is 6.42 Å². The van der Waals surface area contributed by atoms with Gasteiger partial charge in [0.15, 0.2) is 0 Å². The first-order valence-corrected chi connectivity index (χ1v) is 4.33. The van der Waals surface area contributed by atoms with E-state index in [2.05, 4.69) is 26.1 Å². The Labute approximate surface area is 69.4 Å². The van der Waals surface area contributed by atoms with Crippen LogP contribution in [0.5, 0.6) is 0 Å². The summed E-state index contributed by atoms with van der Waals surface area (Å²) < 4.78 is 0. The van der Waals surface area contributed by atoms with Crippen LogP contribution in [0.2, 0.25) is 0 Å². The largest absolute Gasteiger partial charge is 0.351 e. The minimum Gasteiger partial charge on any atom is -0.351 e. The monoisotopic (exact) mass is 157 g/mol. The second kappa shape index (κ2) is 4.37. The number of hydrogen-bond acceptors (Lipinski definition) is 1. The first kappa shape index (κ1) is 10.5. The van der Waals surface area contributed by atoms with E-state index in [-0.39, 0.29) is 11.4 Å². The molecule has 0 bridgehead atoms. The van der Waals surface area contributed by atoms with Gasteiger partial charge in [0, 0.05) is 12.0 Å². The normalized spacial score (nSPS) is 11.3. The maximum atomic E-state index is 11.0. The molecule has 0 atom stereocenters. The molecule has 0 spiro atoms. The molecule has 0 saturated heterocycles. The van der Waals surface area contributed by atoms with E-state index in [4.69, 9.17) is 0 Å². The molecule has 2 nitrogen and oxygen atoms in total. The summed E-state index contributed by atoms with van der Waals surface area (Å²) in [6, 6.07) is 0. The third kappa shape index (κ3) is 4.82. The van der Waals surface area contributed by atoms with Crippen LogP contribution in [0.4, 0.5) is 0 Å². The molecule has 0 rings (SSSR count). The molecule has 0 aromatic heterocycles. The van der Waals surface area contributed by atoms with Crippen LogP contribution in [0.3, 0.4) is 0 Å². The standard InChI is InChI=1S/C9H19NO/c1-5-7-9(3,4)10-8(11)6-2/h5-7H2,1-4H3,(H,10,11). The lowest BCUT2D eigenvalue weighted by Gasteiger charge is -2.25. The Morgan fingerprint density at radius 3 is 2.27 bits per heavy atom. The lowest BCUT2D eigenvalue weighted by Crippen LogP contribution is -2.42. The van der Waals surface area contributed by atoms with Gasteiger partial charge in [0.2, 0.25) is 5.91 Å². The van der Waals surface area contributed by atoms with Crippen LogP contribution in [0.1, 0.15) is 47.0 Å². The van der Waals surface area contributed by atoms with Gasteiger partial charge in [-0.25, -0.2) is 0 Å². The Kier molecular flexibility index (Phi) is 4.16. The van der Waals surface area contributed by atoms with E-state index in [1.165, 1.54) is 0 Å². The van der Waals surface area contributed by atoms with Crippen LogP contribution >= 0.6 is 0 Å². The highest BCUT2D eigenvalue weighted by Gasteiger charge is 2.17. The summed E-state index contributed by atoms with van der Waals surface area (Å²) in [7, 11) is 0. The van der Waals surface area contributed by atoms with Crippen molar-refractivity contribution in [1.29, 1.82) is 0 Å². The van der Waals surface area contributed by atoms with E-state index in [1.54, 1.807) is 0 Å². The van der Waals surface area contributed by atoms with Crippen molar-refractivity contribution in [1.82, 2.24) is 5.32 Å². The third-order valence-electron chi connectivity index (χ3n) is 1.67. The average Bonchev–Trinajstić information content (AvgIpc) is 1.86. The Balaban J connectivity index is 3.80. The second-order valence-corrected chi connectivity index (χ2v) is 3.54. The summed E-state index contributed by atoms with van der Waals surface area (Å²) in [6.07, 6.45) is 2.73. The smallest absolute Gasteiger partial charge is 0.220 e. The lowest BCUT2D eigenvalue weighted by molar-refractivity contribution is -0.122. The predicted octanol–water partition coefficient (Wildman–Crippen LogP) is 2.09. The van der Waals surface area contributed by atoms with Crippen LogP contribution in [0, 0.1) is 0 Å². The number of carbonyl (C=O) groups is 1. The quantitative estimate of drug-likeness (QED) is 0.665. The van der Waals surface area contributed by atoms with E-state index in [9.17, 15) is 4.79 Å². The summed E-state index contributed by atoms with van der Waals surface area (Å²) in [6.45, 7) is 8.12. The molecule has 66 valence electrons. The second-order valence-electron chi connectivity index (χ2n) is 3.54. The number of rotatable bonds is 4. The van der Waals surface area contributed by atoms with Gasteiger partial charge in [0.1, 0.15) is 0 Å². The summed E-state index contributed by atoms with van der Waals surface area (Å²) in [5.74, 6) is 0.142. The highest BCUT2D eigenvalue weighted by atomic mass is 16.1. The summed E-state index contributed by atoms with van der Waals surface area (Å²) in [5.41, 5.74) is -0.0259. The fourth-order valence-corrected chi connectivity index (χ4v) is 1.15. The molecule has 0 aliphatic rings. The zero-order valence-electron chi connectivity index (χ0n) is 8.03. The van der Waals surface area contributed by atoms with Crippen LogP contribution in [-0.2, 0) is 4.79 Å². The molecule has 0 aromatic rings. The van der Waals surface area contributed by atoms with Crippen molar-refractivity contribution >= 4 is 5.91 Å². The molecule has 0 heterocycles. The van der Waals surface area contributed by atoms with Gasteiger partial charge < -0.3 is 5.32 Å². The molecule has 0 aliphatic carbocycles. The summed E-state index contributed by atoms with van der Waals surface area (Å²) in [4.78, 5) is 11.0. The molecule has 0 saturated carbocycles. The number of carbonyl (C=O) groups excluding carboxylic acids is 1. The fourth-order valence-electron chi connectivity index (χ4n) is 1.15. The van der Waals surface area contributed by atoms with Crippen molar-refractivity contribution in [2.75, 3.05) is 0 Å². The van der Waals surface area contributed by atoms with Crippen molar-refractivity contribution in [3.63, 3.8) is 0 Å². The van der Waals surface area contributed by atoms with Crippen molar-refractivity contribution < 1.29 is 4.79 Å². The molecule has 2 heteroatoms. The van der Waals surface area contributed by atoms with E-state index >= 15 is 0 Å². The Hall–Kier alpha value is -0.530. The highest BCUT2D eigenvalue weighted by molar-refractivity contribution is 5.76. The molecule has 0 fully saturated rings. The van der Waals surface area contributed by atoms with Gasteiger partial charge in [0.05, 0.1) is 0 Å². The summed E-state index contributed by atoms with van der Waals surface area (Å²) >= 11 is 0. The molecular weight excluding hydrogens is 138 g/mol. The minimum absolute atomic E-state index is 0.0259. The number of nitrogens with one attached hydrogen (secondary N) is 1. The fraction of sp³-hybridized carbons (Fsp3) is 0.889. The van der Waals surface area contributed by atoms with Crippen molar-refractivity contribution in [3.8, 4) is 0 Å². The predicted molar refractivity (Wildman–Crippen MR) is 47.4 cm³/mol. The molecule has 0 radical (unpaired) electrons. The third-order valence-corrected chi connectivity index (χ3v) is 1.67. The van der Waals surface area contributed by atoms with Gasteiger partial charge in [0.25, 0.3) is 0 Å². The van der Waals surface area contributed by atoms with E-state index in [0.717, 1.165) is 12.8 Å². The molecule has 11 heavy (non-hydrogen) atoms. The molecule has 1 N–H and O–H groups in total. The SMILES string of the molecule is CCCC(C)(C)NC(=O)CC. The molecule has 1 amide bonds.